The molecule has 3 aromatic rings. The third-order valence-corrected chi connectivity index (χ3v) is 2.94. The molecule has 2 aromatic heterocycles. The zero-order chi connectivity index (χ0) is 13.2. The van der Waals surface area contributed by atoms with Crippen LogP contribution in [0.15, 0.2) is 29.0 Å². The number of methoxy groups -OCH3 is 1. The Hall–Kier alpha value is -2.57. The van der Waals surface area contributed by atoms with Gasteiger partial charge in [0.2, 0.25) is 11.8 Å². The van der Waals surface area contributed by atoms with E-state index >= 15 is 0 Å². The monoisotopic (exact) mass is 259 g/mol. The first-order valence-electron chi connectivity index (χ1n) is 5.83. The highest BCUT2D eigenvalue weighted by Gasteiger charge is 2.10. The minimum absolute atomic E-state index is 0.461. The second kappa shape index (κ2) is 4.60. The zero-order valence-corrected chi connectivity index (χ0v) is 10.4. The highest BCUT2D eigenvalue weighted by Crippen LogP contribution is 2.23. The number of ether oxygens (including phenoxy) is 1. The molecule has 0 bridgehead atoms. The van der Waals surface area contributed by atoms with Crippen molar-refractivity contribution < 1.29 is 9.26 Å². The summed E-state index contributed by atoms with van der Waals surface area (Å²) >= 11 is 0. The summed E-state index contributed by atoms with van der Waals surface area (Å²) in [5, 5.41) is 3.57. The van der Waals surface area contributed by atoms with Crippen LogP contribution in [0.1, 0.15) is 5.89 Å². The Kier molecular flexibility index (Phi) is 2.79. The molecule has 0 atom stereocenters. The summed E-state index contributed by atoms with van der Waals surface area (Å²) in [4.78, 5) is 8.29. The molecule has 19 heavy (non-hydrogen) atoms. The SMILES string of the molecule is COc1ccc2nc(N)n(CCc3ncno3)c2c1. The first kappa shape index (κ1) is 11.5. The molecule has 2 N–H and O–H groups in total. The van der Waals surface area contributed by atoms with E-state index in [9.17, 15) is 0 Å². The number of nitrogens with two attached hydrogens (primary N) is 1. The summed E-state index contributed by atoms with van der Waals surface area (Å²) in [6.45, 7) is 0.623. The van der Waals surface area contributed by atoms with Gasteiger partial charge in [0.15, 0.2) is 6.33 Å². The van der Waals surface area contributed by atoms with E-state index in [4.69, 9.17) is 15.0 Å². The molecule has 0 spiro atoms. The van der Waals surface area contributed by atoms with Gasteiger partial charge in [-0.15, -0.1) is 0 Å². The fraction of sp³-hybridized carbons (Fsp3) is 0.250. The number of anilines is 1. The van der Waals surface area contributed by atoms with Crippen LogP contribution in [0.2, 0.25) is 0 Å². The maximum Gasteiger partial charge on any atom is 0.228 e. The fourth-order valence-electron chi connectivity index (χ4n) is 2.00. The lowest BCUT2D eigenvalue weighted by molar-refractivity contribution is 0.372. The van der Waals surface area contributed by atoms with E-state index in [1.165, 1.54) is 6.33 Å². The van der Waals surface area contributed by atoms with Crippen LogP contribution >= 0.6 is 0 Å². The summed E-state index contributed by atoms with van der Waals surface area (Å²) in [5.41, 5.74) is 7.69. The van der Waals surface area contributed by atoms with Gasteiger partial charge in [0.1, 0.15) is 5.75 Å². The first-order chi connectivity index (χ1) is 9.28. The topological polar surface area (TPSA) is 92.0 Å². The van der Waals surface area contributed by atoms with Crippen molar-refractivity contribution in [3.8, 4) is 5.75 Å². The van der Waals surface area contributed by atoms with Crippen molar-refractivity contribution in [3.63, 3.8) is 0 Å². The first-order valence-corrected chi connectivity index (χ1v) is 5.83. The summed E-state index contributed by atoms with van der Waals surface area (Å²) in [6.07, 6.45) is 1.99. The average Bonchev–Trinajstić information content (AvgIpc) is 3.03. The Morgan fingerprint density at radius 3 is 3.05 bits per heavy atom. The van der Waals surface area contributed by atoms with Crippen molar-refractivity contribution in [2.75, 3.05) is 12.8 Å². The molecule has 0 unspecified atom stereocenters. The van der Waals surface area contributed by atoms with Gasteiger partial charge in [-0.25, -0.2) is 4.98 Å². The second-order valence-electron chi connectivity index (χ2n) is 4.06. The molecule has 0 radical (unpaired) electrons. The number of aromatic nitrogens is 4. The van der Waals surface area contributed by atoms with Crippen molar-refractivity contribution in [2.24, 2.45) is 0 Å². The number of imidazole rings is 1. The quantitative estimate of drug-likeness (QED) is 0.758. The van der Waals surface area contributed by atoms with Crippen molar-refractivity contribution in [1.29, 1.82) is 0 Å². The molecule has 0 saturated heterocycles. The average molecular weight is 259 g/mol. The molecule has 0 aliphatic carbocycles. The Labute approximate surface area is 109 Å². The molecule has 98 valence electrons. The normalized spacial score (nSPS) is 11.0. The molecule has 1 aromatic carbocycles. The van der Waals surface area contributed by atoms with Crippen molar-refractivity contribution >= 4 is 17.0 Å². The second-order valence-corrected chi connectivity index (χ2v) is 4.06. The number of hydrogen-bond donors (Lipinski definition) is 1. The van der Waals surface area contributed by atoms with Crippen molar-refractivity contribution in [1.82, 2.24) is 19.7 Å². The van der Waals surface area contributed by atoms with Crippen LogP contribution in [0, 0.1) is 0 Å². The number of fused-ring (bicyclic) bond motifs is 1. The smallest absolute Gasteiger partial charge is 0.228 e. The van der Waals surface area contributed by atoms with Crippen molar-refractivity contribution in [3.05, 3.63) is 30.4 Å². The number of hydrogen-bond acceptors (Lipinski definition) is 6. The lowest BCUT2D eigenvalue weighted by Crippen LogP contribution is -2.05. The highest BCUT2D eigenvalue weighted by atomic mass is 16.5. The lowest BCUT2D eigenvalue weighted by Gasteiger charge is -2.05. The molecule has 3 rings (SSSR count). The summed E-state index contributed by atoms with van der Waals surface area (Å²) < 4.78 is 12.1. The van der Waals surface area contributed by atoms with E-state index in [1.807, 2.05) is 22.8 Å². The number of benzene rings is 1. The Balaban J connectivity index is 1.94. The van der Waals surface area contributed by atoms with Crippen LogP contribution in [0.3, 0.4) is 0 Å². The maximum absolute atomic E-state index is 5.93. The van der Waals surface area contributed by atoms with Gasteiger partial charge in [0.05, 0.1) is 18.1 Å². The zero-order valence-electron chi connectivity index (χ0n) is 10.4. The number of rotatable bonds is 4. The van der Waals surface area contributed by atoms with E-state index < -0.39 is 0 Å². The minimum Gasteiger partial charge on any atom is -0.497 e. The van der Waals surface area contributed by atoms with Crippen molar-refractivity contribution in [2.45, 2.75) is 13.0 Å². The van der Waals surface area contributed by atoms with Gasteiger partial charge in [0.25, 0.3) is 0 Å². The number of nitrogen functional groups attached to an aromatic ring is 1. The third-order valence-electron chi connectivity index (χ3n) is 2.94. The van der Waals surface area contributed by atoms with Gasteiger partial charge in [-0.1, -0.05) is 5.16 Å². The van der Waals surface area contributed by atoms with Crippen LogP contribution in [-0.4, -0.2) is 26.8 Å². The molecule has 0 amide bonds. The van der Waals surface area contributed by atoms with E-state index in [0.29, 0.717) is 24.8 Å². The van der Waals surface area contributed by atoms with E-state index in [0.717, 1.165) is 16.8 Å². The van der Waals surface area contributed by atoms with Crippen LogP contribution in [0.5, 0.6) is 5.75 Å². The molecular weight excluding hydrogens is 246 g/mol. The van der Waals surface area contributed by atoms with Gasteiger partial charge < -0.3 is 19.6 Å². The van der Waals surface area contributed by atoms with Crippen LogP contribution in [0.25, 0.3) is 11.0 Å². The van der Waals surface area contributed by atoms with Gasteiger partial charge in [-0.3, -0.25) is 0 Å². The minimum atomic E-state index is 0.461. The van der Waals surface area contributed by atoms with E-state index in [2.05, 4.69) is 15.1 Å². The van der Waals surface area contributed by atoms with Gasteiger partial charge >= 0.3 is 0 Å². The predicted octanol–water partition coefficient (Wildman–Crippen LogP) is 1.25. The Bertz CT molecular complexity index is 690. The van der Waals surface area contributed by atoms with Gasteiger partial charge in [-0.2, -0.15) is 4.98 Å². The van der Waals surface area contributed by atoms with Crippen LogP contribution in [0.4, 0.5) is 5.95 Å². The molecule has 0 saturated carbocycles. The summed E-state index contributed by atoms with van der Waals surface area (Å²) in [7, 11) is 1.63. The van der Waals surface area contributed by atoms with Crippen LogP contribution in [-0.2, 0) is 13.0 Å². The van der Waals surface area contributed by atoms with Gasteiger partial charge in [-0.05, 0) is 12.1 Å². The standard InChI is InChI=1S/C12H13N5O2/c1-18-8-2-3-9-10(6-8)17(12(13)16-9)5-4-11-14-7-15-19-11/h2-3,6-7H,4-5H2,1H3,(H2,13,16). The number of nitrogens with zero attached hydrogens (tertiary/aromatic N) is 4. The number of aryl methyl sites for hydroxylation is 2. The molecular formula is C12H13N5O2. The molecule has 7 nitrogen and oxygen atoms in total. The summed E-state index contributed by atoms with van der Waals surface area (Å²) in [6, 6.07) is 5.65. The molecule has 0 aliphatic rings. The third kappa shape index (κ3) is 2.10. The van der Waals surface area contributed by atoms with Crippen LogP contribution < -0.4 is 10.5 Å². The van der Waals surface area contributed by atoms with E-state index in [1.54, 1.807) is 7.11 Å². The highest BCUT2D eigenvalue weighted by molar-refractivity contribution is 5.79. The predicted molar refractivity (Wildman–Crippen MR) is 68.7 cm³/mol. The molecule has 2 heterocycles. The maximum atomic E-state index is 5.93. The van der Waals surface area contributed by atoms with E-state index in [-0.39, 0.29) is 0 Å². The fourth-order valence-corrected chi connectivity index (χ4v) is 2.00. The van der Waals surface area contributed by atoms with Gasteiger partial charge in [0, 0.05) is 19.0 Å². The molecule has 7 heteroatoms. The largest absolute Gasteiger partial charge is 0.497 e. The Morgan fingerprint density at radius 1 is 1.42 bits per heavy atom. The molecule has 0 aliphatic heterocycles. The summed E-state index contributed by atoms with van der Waals surface area (Å²) in [5.74, 6) is 1.80. The lowest BCUT2D eigenvalue weighted by atomic mass is 10.3. The molecule has 0 fully saturated rings. The Morgan fingerprint density at radius 2 is 2.32 bits per heavy atom.